The number of aromatic amines is 1. The van der Waals surface area contributed by atoms with Crippen LogP contribution < -0.4 is 27.4 Å². The number of nitrogens with one attached hydrogen (secondary N) is 4. The summed E-state index contributed by atoms with van der Waals surface area (Å²) in [5.41, 5.74) is 12.9. The van der Waals surface area contributed by atoms with Crippen molar-refractivity contribution in [1.82, 2.24) is 20.9 Å². The highest BCUT2D eigenvalue weighted by atomic mass is 16.4. The van der Waals surface area contributed by atoms with Crippen LogP contribution in [0, 0.1) is 5.92 Å². The minimum Gasteiger partial charge on any atom is -0.480 e. The van der Waals surface area contributed by atoms with E-state index in [1.54, 1.807) is 20.0 Å². The lowest BCUT2D eigenvalue weighted by Gasteiger charge is -2.27. The van der Waals surface area contributed by atoms with E-state index in [1.165, 1.54) is 6.92 Å². The van der Waals surface area contributed by atoms with Crippen LogP contribution in [0.15, 0.2) is 30.5 Å². The topological polar surface area (TPSA) is 192 Å². The molecule has 0 aliphatic carbocycles. The van der Waals surface area contributed by atoms with Gasteiger partial charge in [0.1, 0.15) is 18.1 Å². The Morgan fingerprint density at radius 1 is 0.944 bits per heavy atom. The summed E-state index contributed by atoms with van der Waals surface area (Å²) >= 11 is 0. The van der Waals surface area contributed by atoms with Crippen LogP contribution in [0.5, 0.6) is 0 Å². The van der Waals surface area contributed by atoms with Crippen molar-refractivity contribution in [2.24, 2.45) is 17.4 Å². The molecule has 0 radical (unpaired) electrons. The van der Waals surface area contributed by atoms with Gasteiger partial charge in [-0.15, -0.1) is 0 Å². The smallest absolute Gasteiger partial charge is 0.326 e. The molecule has 4 atom stereocenters. The first-order chi connectivity index (χ1) is 17.0. The molecule has 0 aliphatic heterocycles. The van der Waals surface area contributed by atoms with Gasteiger partial charge in [0.05, 0.1) is 6.04 Å². The molecule has 1 heterocycles. The van der Waals surface area contributed by atoms with Crippen LogP contribution in [0.1, 0.15) is 45.6 Å². The first-order valence-corrected chi connectivity index (χ1v) is 12.2. The lowest BCUT2D eigenvalue weighted by Crippen LogP contribution is -2.58. The van der Waals surface area contributed by atoms with Crippen molar-refractivity contribution < 1.29 is 24.3 Å². The molecule has 198 valence electrons. The molecule has 36 heavy (non-hydrogen) atoms. The van der Waals surface area contributed by atoms with Crippen molar-refractivity contribution in [3.63, 3.8) is 0 Å². The fraction of sp³-hybridized carbons (Fsp3) is 0.520. The molecule has 11 heteroatoms. The number of aliphatic carboxylic acids is 1. The standard InChI is InChI=1S/C25H38N6O5/c1-14(2)21(24(34)29-19(25(35)36)10-6-7-11-26)31-23(33)20(30-22(32)15(3)27)12-16-13-28-18-9-5-4-8-17(16)18/h4-5,8-9,13-15,19-21,28H,6-7,10-12,26-27H2,1-3H3,(H,29,34)(H,30,32)(H,31,33)(H,35,36)/t15-,19-,20-,21-/m0/s1. The van der Waals surface area contributed by atoms with Crippen LogP contribution in [0.3, 0.4) is 0 Å². The number of hydrogen-bond donors (Lipinski definition) is 7. The average molecular weight is 503 g/mol. The van der Waals surface area contributed by atoms with Gasteiger partial charge in [-0.1, -0.05) is 32.0 Å². The zero-order valence-corrected chi connectivity index (χ0v) is 21.0. The van der Waals surface area contributed by atoms with E-state index in [1.807, 2.05) is 24.3 Å². The summed E-state index contributed by atoms with van der Waals surface area (Å²) in [6.07, 6.45) is 3.35. The maximum atomic E-state index is 13.3. The second-order valence-corrected chi connectivity index (χ2v) is 9.33. The molecular weight excluding hydrogens is 464 g/mol. The second-order valence-electron chi connectivity index (χ2n) is 9.33. The lowest BCUT2D eigenvalue weighted by atomic mass is 9.99. The van der Waals surface area contributed by atoms with Crippen LogP contribution >= 0.6 is 0 Å². The van der Waals surface area contributed by atoms with E-state index in [2.05, 4.69) is 20.9 Å². The number of amides is 3. The summed E-state index contributed by atoms with van der Waals surface area (Å²) in [5.74, 6) is -3.19. The number of carbonyl (C=O) groups is 4. The molecular formula is C25H38N6O5. The minimum absolute atomic E-state index is 0.164. The number of carboxylic acid groups (broad SMARTS) is 1. The fourth-order valence-electron chi connectivity index (χ4n) is 3.83. The number of carbonyl (C=O) groups excluding carboxylic acids is 3. The Hall–Kier alpha value is -3.44. The van der Waals surface area contributed by atoms with E-state index in [9.17, 15) is 24.3 Å². The number of benzene rings is 1. The highest BCUT2D eigenvalue weighted by Gasteiger charge is 2.32. The maximum Gasteiger partial charge on any atom is 0.326 e. The molecule has 0 fully saturated rings. The van der Waals surface area contributed by atoms with Gasteiger partial charge >= 0.3 is 5.97 Å². The Morgan fingerprint density at radius 2 is 1.61 bits per heavy atom. The first kappa shape index (κ1) is 28.8. The van der Waals surface area contributed by atoms with Gasteiger partial charge in [-0.05, 0) is 50.3 Å². The van der Waals surface area contributed by atoms with Gasteiger partial charge in [-0.25, -0.2) is 4.79 Å². The second kappa shape index (κ2) is 13.6. The van der Waals surface area contributed by atoms with Crippen molar-refractivity contribution in [3.05, 3.63) is 36.0 Å². The fourth-order valence-corrected chi connectivity index (χ4v) is 3.83. The van der Waals surface area contributed by atoms with Gasteiger partial charge in [0.2, 0.25) is 17.7 Å². The highest BCUT2D eigenvalue weighted by Crippen LogP contribution is 2.19. The summed E-state index contributed by atoms with van der Waals surface area (Å²) < 4.78 is 0. The number of rotatable bonds is 14. The summed E-state index contributed by atoms with van der Waals surface area (Å²) in [5, 5.41) is 18.3. The van der Waals surface area contributed by atoms with E-state index >= 15 is 0 Å². The normalized spacial score (nSPS) is 14.6. The molecule has 0 unspecified atom stereocenters. The van der Waals surface area contributed by atoms with E-state index in [-0.39, 0.29) is 18.8 Å². The third-order valence-corrected chi connectivity index (χ3v) is 5.95. The number of unbranched alkanes of at least 4 members (excludes halogenated alkanes) is 1. The van der Waals surface area contributed by atoms with Gasteiger partial charge in [-0.3, -0.25) is 14.4 Å². The molecule has 1 aromatic carbocycles. The van der Waals surface area contributed by atoms with Crippen molar-refractivity contribution in [1.29, 1.82) is 0 Å². The van der Waals surface area contributed by atoms with E-state index in [0.29, 0.717) is 19.4 Å². The predicted molar refractivity (Wildman–Crippen MR) is 137 cm³/mol. The van der Waals surface area contributed by atoms with Crippen LogP contribution in [0.25, 0.3) is 10.9 Å². The molecule has 0 saturated heterocycles. The van der Waals surface area contributed by atoms with Crippen molar-refractivity contribution in [2.75, 3.05) is 6.54 Å². The molecule has 0 bridgehead atoms. The molecule has 9 N–H and O–H groups in total. The Morgan fingerprint density at radius 3 is 2.22 bits per heavy atom. The van der Waals surface area contributed by atoms with Gasteiger partial charge in [0.25, 0.3) is 0 Å². The highest BCUT2D eigenvalue weighted by molar-refractivity contribution is 5.95. The Bertz CT molecular complexity index is 1050. The van der Waals surface area contributed by atoms with Crippen LogP contribution in [-0.4, -0.2) is 64.5 Å². The zero-order valence-electron chi connectivity index (χ0n) is 21.0. The lowest BCUT2D eigenvalue weighted by molar-refractivity contribution is -0.142. The molecule has 2 rings (SSSR count). The average Bonchev–Trinajstić information content (AvgIpc) is 3.23. The largest absolute Gasteiger partial charge is 0.480 e. The third kappa shape index (κ3) is 8.06. The Kier molecular flexibility index (Phi) is 10.9. The number of carboxylic acids is 1. The van der Waals surface area contributed by atoms with Crippen LogP contribution in [0.2, 0.25) is 0 Å². The molecule has 1 aromatic heterocycles. The van der Waals surface area contributed by atoms with Crippen LogP contribution in [-0.2, 0) is 25.6 Å². The van der Waals surface area contributed by atoms with Crippen molar-refractivity contribution in [3.8, 4) is 0 Å². The van der Waals surface area contributed by atoms with Gasteiger partial charge in [0.15, 0.2) is 0 Å². The van der Waals surface area contributed by atoms with E-state index in [4.69, 9.17) is 11.5 Å². The minimum atomic E-state index is -1.16. The number of aromatic nitrogens is 1. The summed E-state index contributed by atoms with van der Waals surface area (Å²) in [4.78, 5) is 53.5. The Balaban J connectivity index is 2.21. The monoisotopic (exact) mass is 502 g/mol. The SMILES string of the molecule is CC(C)[C@H](NC(=O)[C@H](Cc1c[nH]c2ccccc12)NC(=O)[C@H](C)N)C(=O)N[C@@H](CCCCN)C(=O)O. The van der Waals surface area contributed by atoms with Crippen LogP contribution in [0.4, 0.5) is 0 Å². The first-order valence-electron chi connectivity index (χ1n) is 12.2. The van der Waals surface area contributed by atoms with Gasteiger partial charge in [0, 0.05) is 23.5 Å². The molecule has 0 saturated carbocycles. The number of H-pyrrole nitrogens is 1. The maximum absolute atomic E-state index is 13.3. The number of para-hydroxylation sites is 1. The van der Waals surface area contributed by atoms with Gasteiger partial charge in [-0.2, -0.15) is 0 Å². The van der Waals surface area contributed by atoms with Crippen molar-refractivity contribution >= 4 is 34.6 Å². The van der Waals surface area contributed by atoms with Gasteiger partial charge < -0.3 is 37.5 Å². The molecule has 3 amide bonds. The third-order valence-electron chi connectivity index (χ3n) is 5.95. The summed E-state index contributed by atoms with van der Waals surface area (Å²) in [7, 11) is 0. The van der Waals surface area contributed by atoms with E-state index < -0.39 is 47.9 Å². The molecule has 0 aliphatic rings. The van der Waals surface area contributed by atoms with Crippen molar-refractivity contribution in [2.45, 2.75) is 70.6 Å². The quantitative estimate of drug-likeness (QED) is 0.181. The molecule has 2 aromatic rings. The predicted octanol–water partition coefficient (Wildman–Crippen LogP) is 0.382. The number of hydrogen-bond acceptors (Lipinski definition) is 6. The number of nitrogens with two attached hydrogens (primary N) is 2. The summed E-state index contributed by atoms with van der Waals surface area (Å²) in [6.45, 7) is 5.42. The number of fused-ring (bicyclic) bond motifs is 1. The zero-order chi connectivity index (χ0) is 26.8. The summed E-state index contributed by atoms with van der Waals surface area (Å²) in [6, 6.07) is 3.63. The Labute approximate surface area is 210 Å². The van der Waals surface area contributed by atoms with E-state index in [0.717, 1.165) is 16.5 Å². The molecule has 11 nitrogen and oxygen atoms in total. The molecule has 0 spiro atoms.